The number of benzene rings is 1. The molecule has 1 amide bonds. The summed E-state index contributed by atoms with van der Waals surface area (Å²) in [5.41, 5.74) is 5.38. The molecule has 0 unspecified atom stereocenters. The fraction of sp³-hybridized carbons (Fsp3) is 0.278. The number of sulfone groups is 1. The van der Waals surface area contributed by atoms with Crippen LogP contribution >= 0.6 is 0 Å². The highest BCUT2D eigenvalue weighted by Crippen LogP contribution is 2.33. The number of nitrogens with zero attached hydrogens (tertiary/aromatic N) is 3. The molecule has 0 fully saturated rings. The van der Waals surface area contributed by atoms with Crippen LogP contribution in [0.5, 0.6) is 0 Å². The predicted molar refractivity (Wildman–Crippen MR) is 102 cm³/mol. The van der Waals surface area contributed by atoms with Crippen molar-refractivity contribution in [3.8, 4) is 11.5 Å². The first kappa shape index (κ1) is 22.3. The zero-order valence-electron chi connectivity index (χ0n) is 16.1. The molecule has 3 aromatic rings. The van der Waals surface area contributed by atoms with Gasteiger partial charge in [0.05, 0.1) is 21.5 Å². The maximum atomic E-state index is 12.9. The fourth-order valence-corrected chi connectivity index (χ4v) is 3.59. The molecule has 2 aromatic heterocycles. The zero-order chi connectivity index (χ0) is 22.1. The second-order valence-corrected chi connectivity index (χ2v) is 8.33. The van der Waals surface area contributed by atoms with Gasteiger partial charge in [-0.15, -0.1) is 0 Å². The molecular formula is C18H19F3N4O3S. The van der Waals surface area contributed by atoms with Crippen LogP contribution in [0.15, 0.2) is 29.2 Å². The summed E-state index contributed by atoms with van der Waals surface area (Å²) >= 11 is 0. The van der Waals surface area contributed by atoms with Crippen molar-refractivity contribution in [3.63, 3.8) is 0 Å². The molecule has 3 rings (SSSR count). The van der Waals surface area contributed by atoms with E-state index in [1.54, 1.807) is 25.5 Å². The van der Waals surface area contributed by atoms with Crippen LogP contribution < -0.4 is 5.73 Å². The van der Waals surface area contributed by atoms with Gasteiger partial charge in [-0.1, -0.05) is 0 Å². The number of hydrogen-bond donors (Lipinski definition) is 1. The number of fused-ring (bicyclic) bond motifs is 1. The number of rotatable bonds is 2. The number of carbonyl (C=O) groups excluding carboxylic acids is 1. The van der Waals surface area contributed by atoms with Crippen LogP contribution in [-0.2, 0) is 27.9 Å². The molecule has 0 radical (unpaired) electrons. The Morgan fingerprint density at radius 3 is 2.24 bits per heavy atom. The van der Waals surface area contributed by atoms with E-state index in [-0.39, 0.29) is 28.3 Å². The number of aryl methyl sites for hydroxylation is 3. The van der Waals surface area contributed by atoms with Crippen molar-refractivity contribution in [1.29, 1.82) is 0 Å². The van der Waals surface area contributed by atoms with Gasteiger partial charge in [0.2, 0.25) is 6.41 Å². The summed E-state index contributed by atoms with van der Waals surface area (Å²) in [6.07, 6.45) is -3.17. The van der Waals surface area contributed by atoms with Gasteiger partial charge in [-0.05, 0) is 43.7 Å². The molecule has 0 aliphatic rings. The highest BCUT2D eigenvalue weighted by atomic mass is 32.2. The van der Waals surface area contributed by atoms with E-state index >= 15 is 0 Å². The molecule has 0 bridgehead atoms. The van der Waals surface area contributed by atoms with E-state index in [0.717, 1.165) is 18.4 Å². The summed E-state index contributed by atoms with van der Waals surface area (Å²) in [7, 11) is -1.99. The van der Waals surface area contributed by atoms with E-state index in [1.165, 1.54) is 12.1 Å². The Kier molecular flexibility index (Phi) is 6.02. The number of imidazole rings is 1. The molecule has 11 heteroatoms. The third-order valence-electron chi connectivity index (χ3n) is 4.25. The van der Waals surface area contributed by atoms with Crippen LogP contribution in [0.25, 0.3) is 22.6 Å². The molecule has 0 aliphatic carbocycles. The molecule has 2 heterocycles. The van der Waals surface area contributed by atoms with Gasteiger partial charge in [-0.2, -0.15) is 13.2 Å². The third kappa shape index (κ3) is 4.56. The molecule has 0 atom stereocenters. The minimum atomic E-state index is -4.48. The Labute approximate surface area is 165 Å². The Morgan fingerprint density at radius 1 is 1.14 bits per heavy atom. The number of hydrogen-bond acceptors (Lipinski definition) is 5. The lowest BCUT2D eigenvalue weighted by Crippen LogP contribution is -2.07. The number of carbonyl (C=O) groups is 1. The minimum absolute atomic E-state index is 0.00458. The van der Waals surface area contributed by atoms with E-state index in [0.29, 0.717) is 16.8 Å². The van der Waals surface area contributed by atoms with E-state index in [1.807, 2.05) is 0 Å². The first-order valence-electron chi connectivity index (χ1n) is 8.19. The van der Waals surface area contributed by atoms with E-state index < -0.39 is 21.6 Å². The summed E-state index contributed by atoms with van der Waals surface area (Å²) in [6, 6.07) is 4.74. The molecule has 0 saturated carbocycles. The van der Waals surface area contributed by atoms with Gasteiger partial charge in [-0.3, -0.25) is 4.79 Å². The smallest absolute Gasteiger partial charge is 0.372 e. The van der Waals surface area contributed by atoms with Crippen molar-refractivity contribution in [2.75, 3.05) is 6.26 Å². The Bertz CT molecular complexity index is 1190. The van der Waals surface area contributed by atoms with Gasteiger partial charge in [0.25, 0.3) is 0 Å². The first-order valence-corrected chi connectivity index (χ1v) is 10.1. The number of alkyl halides is 3. The molecule has 0 saturated heterocycles. The Morgan fingerprint density at radius 2 is 1.72 bits per heavy atom. The summed E-state index contributed by atoms with van der Waals surface area (Å²) < 4.78 is 64.7. The molecule has 2 N–H and O–H groups in total. The topological polar surface area (TPSA) is 108 Å². The summed E-state index contributed by atoms with van der Waals surface area (Å²) in [5.74, 6) is 0.197. The SMILES string of the molecule is Cc1cc(S(C)(=O)=O)c(-c2nc3cc(C(F)(F)F)ccc3n2C)nc1C.NC=O. The lowest BCUT2D eigenvalue weighted by molar-refractivity contribution is -0.137. The van der Waals surface area contributed by atoms with Gasteiger partial charge in [0.1, 0.15) is 5.69 Å². The van der Waals surface area contributed by atoms with Crippen LogP contribution in [0.4, 0.5) is 13.2 Å². The monoisotopic (exact) mass is 428 g/mol. The van der Waals surface area contributed by atoms with Crippen LogP contribution in [-0.4, -0.2) is 35.6 Å². The Balaban J connectivity index is 0.000000941. The molecule has 0 spiro atoms. The number of nitrogens with two attached hydrogens (primary N) is 1. The number of aromatic nitrogens is 3. The van der Waals surface area contributed by atoms with Crippen molar-refractivity contribution in [2.24, 2.45) is 12.8 Å². The van der Waals surface area contributed by atoms with E-state index in [9.17, 15) is 21.6 Å². The second-order valence-electron chi connectivity index (χ2n) is 6.34. The standard InChI is InChI=1S/C17H16F3N3O2S.CH3NO/c1-9-7-14(26(4,24)25)15(21-10(9)2)16-22-12-8-11(17(18,19)20)5-6-13(12)23(16)3;2-1-3/h5-8H,1-4H3;1H,(H2,2,3). The average molecular weight is 428 g/mol. The van der Waals surface area contributed by atoms with E-state index in [4.69, 9.17) is 4.79 Å². The maximum absolute atomic E-state index is 12.9. The zero-order valence-corrected chi connectivity index (χ0v) is 16.9. The molecule has 1 aromatic carbocycles. The van der Waals surface area contributed by atoms with Crippen molar-refractivity contribution in [3.05, 3.63) is 41.1 Å². The molecule has 7 nitrogen and oxygen atoms in total. The van der Waals surface area contributed by atoms with Gasteiger partial charge >= 0.3 is 6.18 Å². The Hall–Kier alpha value is -2.95. The van der Waals surface area contributed by atoms with E-state index in [2.05, 4.69) is 15.7 Å². The van der Waals surface area contributed by atoms with Crippen LogP contribution in [0, 0.1) is 13.8 Å². The van der Waals surface area contributed by atoms with Crippen molar-refractivity contribution in [1.82, 2.24) is 14.5 Å². The fourth-order valence-electron chi connectivity index (χ4n) is 2.71. The maximum Gasteiger partial charge on any atom is 0.416 e. The normalized spacial score (nSPS) is 11.8. The predicted octanol–water partition coefficient (Wildman–Crippen LogP) is 2.78. The van der Waals surface area contributed by atoms with Crippen LogP contribution in [0.2, 0.25) is 0 Å². The number of pyridine rings is 1. The highest BCUT2D eigenvalue weighted by Gasteiger charge is 2.31. The summed E-state index contributed by atoms with van der Waals surface area (Å²) in [6.45, 7) is 3.47. The molecule has 29 heavy (non-hydrogen) atoms. The van der Waals surface area contributed by atoms with Gasteiger partial charge < -0.3 is 10.3 Å². The second kappa shape index (κ2) is 7.82. The molecular weight excluding hydrogens is 409 g/mol. The quantitative estimate of drug-likeness (QED) is 0.632. The third-order valence-corrected chi connectivity index (χ3v) is 5.36. The highest BCUT2D eigenvalue weighted by molar-refractivity contribution is 7.90. The van der Waals surface area contributed by atoms with Crippen LogP contribution in [0.3, 0.4) is 0 Å². The van der Waals surface area contributed by atoms with Crippen LogP contribution in [0.1, 0.15) is 16.8 Å². The molecule has 156 valence electrons. The average Bonchev–Trinajstić information content (AvgIpc) is 2.92. The summed E-state index contributed by atoms with van der Waals surface area (Å²) in [4.78, 5) is 17.2. The van der Waals surface area contributed by atoms with Gasteiger partial charge in [0, 0.05) is 19.0 Å². The van der Waals surface area contributed by atoms with Crippen molar-refractivity contribution < 1.29 is 26.4 Å². The van der Waals surface area contributed by atoms with Gasteiger partial charge in [0.15, 0.2) is 15.7 Å². The summed E-state index contributed by atoms with van der Waals surface area (Å²) in [5, 5.41) is 0. The van der Waals surface area contributed by atoms with Crippen molar-refractivity contribution in [2.45, 2.75) is 24.9 Å². The lowest BCUT2D eigenvalue weighted by atomic mass is 10.2. The largest absolute Gasteiger partial charge is 0.416 e. The number of amides is 1. The first-order chi connectivity index (χ1) is 13.3. The minimum Gasteiger partial charge on any atom is -0.372 e. The van der Waals surface area contributed by atoms with Crippen molar-refractivity contribution >= 4 is 27.3 Å². The van der Waals surface area contributed by atoms with Gasteiger partial charge in [-0.25, -0.2) is 18.4 Å². The molecule has 0 aliphatic heterocycles. The number of halogens is 3. The lowest BCUT2D eigenvalue weighted by Gasteiger charge is -2.10. The number of primary amides is 1.